The summed E-state index contributed by atoms with van der Waals surface area (Å²) in [5, 5.41) is 0.0540. The van der Waals surface area contributed by atoms with Crippen LogP contribution in [-0.4, -0.2) is 63.3 Å². The summed E-state index contributed by atoms with van der Waals surface area (Å²) < 4.78 is 10.4. The van der Waals surface area contributed by atoms with Crippen molar-refractivity contribution in [3.8, 4) is 0 Å². The third-order valence-corrected chi connectivity index (χ3v) is 2.08. The molecule has 0 N–H and O–H groups in total. The van der Waals surface area contributed by atoms with Gasteiger partial charge in [0.25, 0.3) is 0 Å². The average Bonchev–Trinajstić information content (AvgIpc) is 2.15. The Morgan fingerprint density at radius 1 is 1.21 bits per heavy atom. The zero-order valence-electron chi connectivity index (χ0n) is 9.12. The second-order valence-corrected chi connectivity index (χ2v) is 3.91. The second-order valence-electron chi connectivity index (χ2n) is 3.04. The Bertz CT molecular complexity index is 153. The molecule has 0 aliphatic heterocycles. The Hall–Kier alpha value is -0.100. The van der Waals surface area contributed by atoms with Crippen molar-refractivity contribution in [1.82, 2.24) is 4.90 Å². The number of ether oxygens (including phenoxy) is 2. The summed E-state index contributed by atoms with van der Waals surface area (Å²) >= 11 is 1.19. The van der Waals surface area contributed by atoms with Crippen LogP contribution in [0.15, 0.2) is 0 Å². The van der Waals surface area contributed by atoms with Crippen molar-refractivity contribution in [2.75, 3.05) is 53.3 Å². The molecule has 0 saturated carbocycles. The van der Waals surface area contributed by atoms with Gasteiger partial charge in [-0.3, -0.25) is 4.79 Å². The molecule has 0 bridgehead atoms. The molecule has 0 aliphatic rings. The molecule has 14 heavy (non-hydrogen) atoms. The lowest BCUT2D eigenvalue weighted by Crippen LogP contribution is -2.19. The van der Waals surface area contributed by atoms with E-state index < -0.39 is 0 Å². The minimum atomic E-state index is 0.0540. The Morgan fingerprint density at radius 2 is 1.86 bits per heavy atom. The predicted octanol–water partition coefficient (Wildman–Crippen LogP) is 0.471. The zero-order valence-corrected chi connectivity index (χ0v) is 9.93. The van der Waals surface area contributed by atoms with Crippen molar-refractivity contribution in [1.29, 1.82) is 0 Å². The zero-order chi connectivity index (χ0) is 10.8. The first kappa shape index (κ1) is 13.9. The molecule has 0 amide bonds. The van der Waals surface area contributed by atoms with E-state index in [-0.39, 0.29) is 11.7 Å². The van der Waals surface area contributed by atoms with Gasteiger partial charge < -0.3 is 14.4 Å². The van der Waals surface area contributed by atoms with Gasteiger partial charge in [0.2, 0.25) is 5.12 Å². The highest BCUT2D eigenvalue weighted by Gasteiger charge is 1.98. The third kappa shape index (κ3) is 9.98. The Morgan fingerprint density at radius 3 is 2.43 bits per heavy atom. The summed E-state index contributed by atoms with van der Waals surface area (Å²) in [5.74, 6) is 0. The van der Waals surface area contributed by atoms with Gasteiger partial charge in [-0.15, -0.1) is 0 Å². The van der Waals surface area contributed by atoms with Crippen LogP contribution in [0.4, 0.5) is 0 Å². The van der Waals surface area contributed by atoms with Crippen LogP contribution in [0.2, 0.25) is 0 Å². The summed E-state index contributed by atoms with van der Waals surface area (Å²) in [6, 6.07) is 0. The molecule has 0 aliphatic carbocycles. The molecule has 5 heteroatoms. The van der Waals surface area contributed by atoms with Gasteiger partial charge in [-0.1, -0.05) is 11.8 Å². The Labute approximate surface area is 89.9 Å². The van der Waals surface area contributed by atoms with Crippen molar-refractivity contribution >= 4 is 16.9 Å². The maximum absolute atomic E-state index is 10.8. The molecule has 4 nitrogen and oxygen atoms in total. The van der Waals surface area contributed by atoms with E-state index in [1.54, 1.807) is 6.26 Å². The van der Waals surface area contributed by atoms with Crippen LogP contribution in [0.25, 0.3) is 0 Å². The molecule has 0 spiro atoms. The maximum atomic E-state index is 10.8. The highest BCUT2D eigenvalue weighted by atomic mass is 32.2. The van der Waals surface area contributed by atoms with Gasteiger partial charge >= 0.3 is 0 Å². The molecule has 0 aromatic heterocycles. The van der Waals surface area contributed by atoms with Crippen molar-refractivity contribution in [2.24, 2.45) is 0 Å². The molecule has 0 saturated heterocycles. The monoisotopic (exact) mass is 221 g/mol. The van der Waals surface area contributed by atoms with Gasteiger partial charge in [-0.25, -0.2) is 0 Å². The quantitative estimate of drug-likeness (QED) is 0.557. The first-order chi connectivity index (χ1) is 6.66. The number of hydrogen-bond acceptors (Lipinski definition) is 5. The SMILES string of the molecule is CSC(=O)COCCOCCN(C)C. The average molecular weight is 221 g/mol. The summed E-state index contributed by atoms with van der Waals surface area (Å²) in [6.07, 6.45) is 1.75. The van der Waals surface area contributed by atoms with E-state index in [4.69, 9.17) is 9.47 Å². The molecule has 0 aromatic carbocycles. The highest BCUT2D eigenvalue weighted by Crippen LogP contribution is 1.94. The summed E-state index contributed by atoms with van der Waals surface area (Å²) in [4.78, 5) is 12.8. The summed E-state index contributed by atoms with van der Waals surface area (Å²) in [5.41, 5.74) is 0. The van der Waals surface area contributed by atoms with Crippen molar-refractivity contribution in [3.05, 3.63) is 0 Å². The van der Waals surface area contributed by atoms with E-state index in [1.165, 1.54) is 11.8 Å². The molecule has 84 valence electrons. The van der Waals surface area contributed by atoms with Crippen LogP contribution >= 0.6 is 11.8 Å². The maximum Gasteiger partial charge on any atom is 0.214 e. The Balaban J connectivity index is 3.03. The number of thioether (sulfide) groups is 1. The van der Waals surface area contributed by atoms with Crippen molar-refractivity contribution < 1.29 is 14.3 Å². The normalized spacial score (nSPS) is 10.9. The first-order valence-corrected chi connectivity index (χ1v) is 5.76. The number of carbonyl (C=O) groups excluding carboxylic acids is 1. The minimum absolute atomic E-state index is 0.0540. The van der Waals surface area contributed by atoms with Gasteiger partial charge in [0.1, 0.15) is 6.61 Å². The molecule has 0 unspecified atom stereocenters. The van der Waals surface area contributed by atoms with Crippen LogP contribution < -0.4 is 0 Å². The van der Waals surface area contributed by atoms with E-state index in [9.17, 15) is 4.79 Å². The smallest absolute Gasteiger partial charge is 0.214 e. The number of rotatable bonds is 8. The predicted molar refractivity (Wildman–Crippen MR) is 58.7 cm³/mol. The number of likely N-dealkylation sites (N-methyl/N-ethyl adjacent to an activating group) is 1. The topological polar surface area (TPSA) is 38.8 Å². The molecule has 0 rings (SSSR count). The highest BCUT2D eigenvalue weighted by molar-refractivity contribution is 8.13. The number of nitrogens with zero attached hydrogens (tertiary/aromatic N) is 1. The number of carbonyl (C=O) groups is 1. The molecule has 0 aromatic rings. The van der Waals surface area contributed by atoms with E-state index >= 15 is 0 Å². The number of hydrogen-bond donors (Lipinski definition) is 0. The Kier molecular flexibility index (Phi) is 9.39. The van der Waals surface area contributed by atoms with E-state index in [2.05, 4.69) is 4.90 Å². The molecule has 0 heterocycles. The lowest BCUT2D eigenvalue weighted by atomic mass is 10.6. The van der Waals surface area contributed by atoms with Gasteiger partial charge in [0.15, 0.2) is 0 Å². The fraction of sp³-hybridized carbons (Fsp3) is 0.889. The minimum Gasteiger partial charge on any atom is -0.378 e. The molecule has 0 fully saturated rings. The van der Waals surface area contributed by atoms with E-state index in [1.807, 2.05) is 14.1 Å². The molecule has 0 radical (unpaired) electrons. The molecule has 0 atom stereocenters. The van der Waals surface area contributed by atoms with Crippen LogP contribution in [0.3, 0.4) is 0 Å². The van der Waals surface area contributed by atoms with Crippen LogP contribution in [0.1, 0.15) is 0 Å². The van der Waals surface area contributed by atoms with Crippen molar-refractivity contribution in [2.45, 2.75) is 0 Å². The van der Waals surface area contributed by atoms with Gasteiger partial charge in [-0.2, -0.15) is 0 Å². The largest absolute Gasteiger partial charge is 0.378 e. The fourth-order valence-corrected chi connectivity index (χ4v) is 0.883. The van der Waals surface area contributed by atoms with Gasteiger partial charge in [0.05, 0.1) is 19.8 Å². The van der Waals surface area contributed by atoms with Crippen LogP contribution in [0.5, 0.6) is 0 Å². The van der Waals surface area contributed by atoms with Gasteiger partial charge in [0, 0.05) is 6.54 Å². The summed E-state index contributed by atoms with van der Waals surface area (Å²) in [7, 11) is 3.99. The van der Waals surface area contributed by atoms with Crippen LogP contribution in [-0.2, 0) is 14.3 Å². The first-order valence-electron chi connectivity index (χ1n) is 4.54. The van der Waals surface area contributed by atoms with Crippen LogP contribution in [0, 0.1) is 0 Å². The standard InChI is InChI=1S/C9H19NO3S/c1-10(2)4-5-12-6-7-13-8-9(11)14-3/h4-8H2,1-3H3. The third-order valence-electron chi connectivity index (χ3n) is 1.50. The van der Waals surface area contributed by atoms with E-state index in [0.717, 1.165) is 6.54 Å². The van der Waals surface area contributed by atoms with Crippen molar-refractivity contribution in [3.63, 3.8) is 0 Å². The molecular formula is C9H19NO3S. The van der Waals surface area contributed by atoms with Gasteiger partial charge in [-0.05, 0) is 20.4 Å². The summed E-state index contributed by atoms with van der Waals surface area (Å²) in [6.45, 7) is 2.82. The van der Waals surface area contributed by atoms with E-state index in [0.29, 0.717) is 19.8 Å². The lowest BCUT2D eigenvalue weighted by molar-refractivity contribution is -0.115. The second kappa shape index (κ2) is 9.45. The fourth-order valence-electron chi connectivity index (χ4n) is 0.681. The molecular weight excluding hydrogens is 202 g/mol. The lowest BCUT2D eigenvalue weighted by Gasteiger charge is -2.09.